The van der Waals surface area contributed by atoms with Crippen LogP contribution in [0.2, 0.25) is 0 Å². The molecule has 0 bridgehead atoms. The van der Waals surface area contributed by atoms with Crippen LogP contribution >= 0.6 is 0 Å². The van der Waals surface area contributed by atoms with Crippen LogP contribution in [-0.4, -0.2) is 27.5 Å². The van der Waals surface area contributed by atoms with Crippen LogP contribution in [0, 0.1) is 15.9 Å². The molecule has 0 saturated carbocycles. The van der Waals surface area contributed by atoms with Crippen LogP contribution in [0.1, 0.15) is 0 Å². The molecule has 2 aromatic carbocycles. The summed E-state index contributed by atoms with van der Waals surface area (Å²) in [5, 5.41) is 13.4. The third-order valence-corrected chi connectivity index (χ3v) is 4.01. The molecule has 0 atom stereocenters. The van der Waals surface area contributed by atoms with Crippen molar-refractivity contribution in [2.45, 2.75) is 6.54 Å². The van der Waals surface area contributed by atoms with Gasteiger partial charge < -0.3 is 10.1 Å². The maximum absolute atomic E-state index is 13.8. The molecule has 1 aromatic heterocycles. The largest absolute Gasteiger partial charge is 0.495 e. The molecular formula is C19H15FN4O5. The molecule has 0 unspecified atom stereocenters. The van der Waals surface area contributed by atoms with E-state index in [1.165, 1.54) is 37.4 Å². The van der Waals surface area contributed by atoms with Crippen LogP contribution < -0.4 is 15.6 Å². The van der Waals surface area contributed by atoms with Gasteiger partial charge in [-0.3, -0.25) is 24.3 Å². The molecule has 0 aliphatic carbocycles. The zero-order chi connectivity index (χ0) is 21.0. The number of halogens is 1. The summed E-state index contributed by atoms with van der Waals surface area (Å²) in [6, 6.07) is 10.7. The number of amides is 1. The highest BCUT2D eigenvalue weighted by atomic mass is 19.1. The molecule has 0 spiro atoms. The first kappa shape index (κ1) is 19.7. The Morgan fingerprint density at radius 1 is 1.28 bits per heavy atom. The van der Waals surface area contributed by atoms with E-state index >= 15 is 0 Å². The van der Waals surface area contributed by atoms with Gasteiger partial charge in [-0.2, -0.15) is 0 Å². The predicted molar refractivity (Wildman–Crippen MR) is 102 cm³/mol. The maximum atomic E-state index is 13.8. The lowest BCUT2D eigenvalue weighted by Gasteiger charge is -2.11. The number of carbonyl (C=O) groups excluding carboxylic acids is 1. The minimum atomic E-state index is -0.619. The van der Waals surface area contributed by atoms with E-state index in [0.717, 1.165) is 23.0 Å². The number of nitrogens with one attached hydrogen (secondary N) is 1. The van der Waals surface area contributed by atoms with Crippen molar-refractivity contribution in [2.24, 2.45) is 0 Å². The summed E-state index contributed by atoms with van der Waals surface area (Å²) in [6.45, 7) is -0.394. The molecule has 0 aliphatic rings. The van der Waals surface area contributed by atoms with Crippen molar-refractivity contribution in [1.29, 1.82) is 0 Å². The van der Waals surface area contributed by atoms with Crippen molar-refractivity contribution in [1.82, 2.24) is 9.55 Å². The van der Waals surface area contributed by atoms with Crippen LogP contribution in [0.3, 0.4) is 0 Å². The van der Waals surface area contributed by atoms with Gasteiger partial charge in [0.2, 0.25) is 5.91 Å². The number of carbonyl (C=O) groups is 1. The number of nitro groups is 1. The van der Waals surface area contributed by atoms with Crippen molar-refractivity contribution in [2.75, 3.05) is 12.4 Å². The molecule has 3 rings (SSSR count). The van der Waals surface area contributed by atoms with Gasteiger partial charge in [0, 0.05) is 23.8 Å². The lowest BCUT2D eigenvalue weighted by Crippen LogP contribution is -2.27. The second-order valence-corrected chi connectivity index (χ2v) is 5.91. The second kappa shape index (κ2) is 8.30. The molecule has 1 N–H and O–H groups in total. The number of aromatic nitrogens is 2. The maximum Gasteiger partial charge on any atom is 0.271 e. The summed E-state index contributed by atoms with van der Waals surface area (Å²) in [5.74, 6) is -0.914. The van der Waals surface area contributed by atoms with Gasteiger partial charge in [-0.25, -0.2) is 9.37 Å². The third kappa shape index (κ3) is 4.43. The van der Waals surface area contributed by atoms with Crippen LogP contribution in [0.15, 0.2) is 59.7 Å². The van der Waals surface area contributed by atoms with Crippen molar-refractivity contribution in [3.05, 3.63) is 81.1 Å². The summed E-state index contributed by atoms with van der Waals surface area (Å²) >= 11 is 0. The van der Waals surface area contributed by atoms with E-state index in [0.29, 0.717) is 0 Å². The molecule has 0 fully saturated rings. The molecule has 1 heterocycles. The number of hydrogen-bond donors (Lipinski definition) is 1. The molecule has 1 amide bonds. The third-order valence-electron chi connectivity index (χ3n) is 4.01. The van der Waals surface area contributed by atoms with E-state index in [9.17, 15) is 24.1 Å². The number of anilines is 1. The number of nitrogens with zero attached hydrogens (tertiary/aromatic N) is 3. The Labute approximate surface area is 163 Å². The van der Waals surface area contributed by atoms with E-state index in [-0.39, 0.29) is 28.4 Å². The Morgan fingerprint density at radius 2 is 2.03 bits per heavy atom. The first-order valence-electron chi connectivity index (χ1n) is 8.32. The second-order valence-electron chi connectivity index (χ2n) is 5.91. The van der Waals surface area contributed by atoms with Gasteiger partial charge in [-0.15, -0.1) is 0 Å². The Bertz CT molecular complexity index is 1150. The summed E-state index contributed by atoms with van der Waals surface area (Å²) in [7, 11) is 1.35. The highest BCUT2D eigenvalue weighted by molar-refractivity contribution is 5.92. The van der Waals surface area contributed by atoms with E-state index < -0.39 is 28.8 Å². The van der Waals surface area contributed by atoms with Crippen LogP contribution in [0.4, 0.5) is 15.8 Å². The number of nitro benzene ring substituents is 1. The lowest BCUT2D eigenvalue weighted by atomic mass is 10.1. The number of non-ortho nitro benzene ring substituents is 1. The monoisotopic (exact) mass is 398 g/mol. The number of hydrogen-bond acceptors (Lipinski definition) is 6. The quantitative estimate of drug-likeness (QED) is 0.504. The molecule has 3 aromatic rings. The van der Waals surface area contributed by atoms with Gasteiger partial charge in [-0.05, 0) is 18.2 Å². The first-order chi connectivity index (χ1) is 13.9. The van der Waals surface area contributed by atoms with Crippen LogP contribution in [-0.2, 0) is 11.3 Å². The first-order valence-corrected chi connectivity index (χ1v) is 8.32. The van der Waals surface area contributed by atoms with Gasteiger partial charge in [0.15, 0.2) is 0 Å². The lowest BCUT2D eigenvalue weighted by molar-refractivity contribution is -0.384. The minimum Gasteiger partial charge on any atom is -0.495 e. The molecule has 10 heteroatoms. The summed E-state index contributed by atoms with van der Waals surface area (Å²) in [6.07, 6.45) is 1.13. The Balaban J connectivity index is 1.80. The van der Waals surface area contributed by atoms with Gasteiger partial charge in [0.1, 0.15) is 18.1 Å². The smallest absolute Gasteiger partial charge is 0.271 e. The van der Waals surface area contributed by atoms with Crippen molar-refractivity contribution < 1.29 is 18.8 Å². The average Bonchev–Trinajstić information content (AvgIpc) is 2.70. The van der Waals surface area contributed by atoms with Gasteiger partial charge in [0.25, 0.3) is 11.2 Å². The normalized spacial score (nSPS) is 10.4. The van der Waals surface area contributed by atoms with E-state index in [4.69, 9.17) is 4.74 Å². The standard InChI is InChI=1S/C19H15FN4O5/c1-29-17-7-6-12(24(27)28)8-16(17)22-18(25)10-23-11-21-15(9-19(23)26)13-4-2-3-5-14(13)20/h2-9,11H,10H2,1H3,(H,22,25). The van der Waals surface area contributed by atoms with Crippen molar-refractivity contribution >= 4 is 17.3 Å². The fourth-order valence-corrected chi connectivity index (χ4v) is 2.61. The van der Waals surface area contributed by atoms with Gasteiger partial charge in [-0.1, -0.05) is 12.1 Å². The Kier molecular flexibility index (Phi) is 5.63. The Hall–Kier alpha value is -4.08. The predicted octanol–water partition coefficient (Wildman–Crippen LogP) is 2.60. The fourth-order valence-electron chi connectivity index (χ4n) is 2.61. The highest BCUT2D eigenvalue weighted by Crippen LogP contribution is 2.28. The van der Waals surface area contributed by atoms with E-state index in [1.807, 2.05) is 0 Å². The molecule has 0 saturated heterocycles. The summed E-state index contributed by atoms with van der Waals surface area (Å²) in [5.41, 5.74) is -0.378. The Morgan fingerprint density at radius 3 is 2.69 bits per heavy atom. The number of methoxy groups -OCH3 is 1. The highest BCUT2D eigenvalue weighted by Gasteiger charge is 2.15. The van der Waals surface area contributed by atoms with Crippen LogP contribution in [0.25, 0.3) is 11.3 Å². The molecule has 29 heavy (non-hydrogen) atoms. The molecule has 148 valence electrons. The van der Waals surface area contributed by atoms with Gasteiger partial charge in [0.05, 0.1) is 29.7 Å². The fraction of sp³-hybridized carbons (Fsp3) is 0.105. The van der Waals surface area contributed by atoms with E-state index in [2.05, 4.69) is 10.3 Å². The van der Waals surface area contributed by atoms with Gasteiger partial charge >= 0.3 is 0 Å². The topological polar surface area (TPSA) is 116 Å². The molecule has 0 radical (unpaired) electrons. The summed E-state index contributed by atoms with van der Waals surface area (Å²) < 4.78 is 20.0. The number of benzene rings is 2. The average molecular weight is 398 g/mol. The van der Waals surface area contributed by atoms with E-state index in [1.54, 1.807) is 6.07 Å². The van der Waals surface area contributed by atoms with Crippen molar-refractivity contribution in [3.8, 4) is 17.0 Å². The number of ether oxygens (including phenoxy) is 1. The zero-order valence-electron chi connectivity index (χ0n) is 15.2. The van der Waals surface area contributed by atoms with Crippen molar-refractivity contribution in [3.63, 3.8) is 0 Å². The molecule has 9 nitrogen and oxygen atoms in total. The number of rotatable bonds is 6. The SMILES string of the molecule is COc1ccc([N+](=O)[O-])cc1NC(=O)Cn1cnc(-c2ccccc2F)cc1=O. The zero-order valence-corrected chi connectivity index (χ0v) is 15.2. The molecule has 0 aliphatic heterocycles. The summed E-state index contributed by atoms with van der Waals surface area (Å²) in [4.78, 5) is 38.9. The molecular weight excluding hydrogens is 383 g/mol. The minimum absolute atomic E-state index is 0.0932. The van der Waals surface area contributed by atoms with Crippen LogP contribution in [0.5, 0.6) is 5.75 Å².